The highest BCUT2D eigenvalue weighted by molar-refractivity contribution is 8.77. The highest BCUT2D eigenvalue weighted by atomic mass is 33.1. The highest BCUT2D eigenvalue weighted by Gasteiger charge is 2.44. The fourth-order valence-electron chi connectivity index (χ4n) is 8.41. The molecular formula is C54H72N8O30P3S6+. The number of aromatic carboxylic acids is 1. The maximum Gasteiger partial charge on any atom is 0.490 e. The van der Waals surface area contributed by atoms with E-state index in [0.717, 1.165) is 4.57 Å². The quantitative estimate of drug-likeness (QED) is 0.00514. The van der Waals surface area contributed by atoms with Crippen LogP contribution >= 0.6 is 45.1 Å². The number of rotatable bonds is 37. The van der Waals surface area contributed by atoms with Crippen LogP contribution in [0.15, 0.2) is 70.0 Å². The lowest BCUT2D eigenvalue weighted by Crippen LogP contribution is -2.44. The number of phosphoric ester groups is 1. The van der Waals surface area contributed by atoms with E-state index in [-0.39, 0.29) is 98.9 Å². The van der Waals surface area contributed by atoms with Gasteiger partial charge in [0.05, 0.1) is 82.0 Å². The number of carbonyl (C=O) groups excluding carboxylic acids is 3. The third kappa shape index (κ3) is 33.1. The van der Waals surface area contributed by atoms with E-state index in [1.165, 1.54) is 35.2 Å². The van der Waals surface area contributed by atoms with Gasteiger partial charge < -0.3 is 89.7 Å². The van der Waals surface area contributed by atoms with Crippen LogP contribution in [0, 0.1) is 11.8 Å². The van der Waals surface area contributed by atoms with Crippen LogP contribution in [-0.4, -0.2) is 191 Å². The van der Waals surface area contributed by atoms with Crippen molar-refractivity contribution < 1.29 is 139 Å². The molecule has 2 aromatic carbocycles. The summed E-state index contributed by atoms with van der Waals surface area (Å²) >= 11 is 5.32. The first-order chi connectivity index (χ1) is 47.5. The molecular weight excluding hydrogens is 1530 g/mol. The number of unbranched alkanes of at least 4 members (excludes halogenated alkanes) is 1. The van der Waals surface area contributed by atoms with Crippen molar-refractivity contribution in [2.75, 3.05) is 102 Å². The molecule has 0 spiro atoms. The number of alkyl carbamates (subject to hydrolysis) is 2. The zero-order chi connectivity index (χ0) is 75.1. The van der Waals surface area contributed by atoms with Crippen molar-refractivity contribution in [1.29, 1.82) is 0 Å². The lowest BCUT2D eigenvalue weighted by Gasteiger charge is -2.22. The first-order valence-electron chi connectivity index (χ1n) is 29.2. The molecule has 0 bridgehead atoms. The molecule has 6 atom stereocenters. The number of carboxylic acid groups (broad SMARTS) is 1. The van der Waals surface area contributed by atoms with Crippen molar-refractivity contribution >= 4 is 133 Å². The van der Waals surface area contributed by atoms with Crippen LogP contribution in [0.3, 0.4) is 0 Å². The summed E-state index contributed by atoms with van der Waals surface area (Å²) in [6.45, 7) is 6.72. The SMILES string of the molecule is CCS(=S)COC1C[C@H](n2cc(C#CCNC(=O)OCCCCOCSSC(C)(C)CCOC(=O)NCCOCCOCCNC(=O)c3ccc(C(=O)O)c(-c4c5ccc(=[NH2+])cc-5oc5cc(N)ccc45)c3)c(N)nc2=O)O[C@@H]1COP(=O)(O)OP(=O)(O)OP(=O)(O)O.O=S(=O)=O.O=S(=O)=O. The Balaban J connectivity index is 0.00000256. The van der Waals surface area contributed by atoms with E-state index in [1.54, 1.807) is 47.2 Å². The fraction of sp³-hybridized carbons (Fsp3) is 0.463. The normalized spacial score (nSPS) is 15.7. The van der Waals surface area contributed by atoms with E-state index >= 15 is 0 Å². The molecule has 47 heteroatoms. The number of amides is 3. The molecule has 3 aromatic rings. The van der Waals surface area contributed by atoms with Gasteiger partial charge in [-0.25, -0.2) is 32.9 Å². The van der Waals surface area contributed by atoms with Crippen LogP contribution in [-0.2, 0) is 102 Å². The van der Waals surface area contributed by atoms with Crippen LogP contribution in [0.25, 0.3) is 33.4 Å². The van der Waals surface area contributed by atoms with Crippen LogP contribution in [0.2, 0.25) is 0 Å². The van der Waals surface area contributed by atoms with Gasteiger partial charge in [-0.2, -0.15) is 13.6 Å². The minimum Gasteiger partial charge on any atom is -0.478 e. The maximum absolute atomic E-state index is 13.3. The molecule has 14 N–H and O–H groups in total. The second kappa shape index (κ2) is 42.8. The largest absolute Gasteiger partial charge is 0.490 e. The van der Waals surface area contributed by atoms with E-state index in [2.05, 4.69) is 41.4 Å². The summed E-state index contributed by atoms with van der Waals surface area (Å²) < 4.78 is 144. The summed E-state index contributed by atoms with van der Waals surface area (Å²) in [4.78, 5) is 104. The number of hydrogen-bond donors (Lipinski definition) is 11. The number of nitrogen functional groups attached to an aromatic ring is 2. The zero-order valence-corrected chi connectivity index (χ0v) is 61.2. The first-order valence-corrected chi connectivity index (χ1v) is 40.5. The standard InChI is InChI=1S/C54H71N8O24P3S4.2O3S/c1-4-93(90)33-81-44-29-46(84-45(44)31-82-88(72,73)86-89(74,75)85-87(69,70)71)62-30-35(48(57)61-51(62)66)8-7-16-59-52(67)79-20-6-5-19-78-32-91-92-54(2,3)15-21-80-53(68)60-18-23-77-25-24-76-22-17-58-49(63)34-9-12-38(50(64)65)41(26-34)47-39-13-10-36(55)27-42(39)83-43-28-37(56)11-14-40(43)47;2*1-4(2)3/h9-14,26-28,30,44-46,55H,4-6,15-25,29,31-33,56H2,1-3H3,(H,58,63)(H,59,67)(H,60,68)(H,64,65)(H,72,73)(H,74,75)(H2,57,61,66)(H2,69,70,71);;/p+1/t44?,45-,46-,93?;;/m1../s1. The molecule has 1 saturated heterocycles. The van der Waals surface area contributed by atoms with Crippen LogP contribution < -0.4 is 43.9 Å². The van der Waals surface area contributed by atoms with Gasteiger partial charge >= 0.3 is 68.5 Å². The summed E-state index contributed by atoms with van der Waals surface area (Å²) in [6.07, 6.45) is -1.81. The average molecular weight is 1600 g/mol. The number of anilines is 2. The van der Waals surface area contributed by atoms with Crippen LogP contribution in [0.1, 0.15) is 79.0 Å². The van der Waals surface area contributed by atoms with Crippen LogP contribution in [0.5, 0.6) is 0 Å². The van der Waals surface area contributed by atoms with E-state index in [9.17, 15) is 52.6 Å². The van der Waals surface area contributed by atoms with E-state index in [1.807, 2.05) is 20.8 Å². The summed E-state index contributed by atoms with van der Waals surface area (Å²) in [7, 11) is -20.7. The van der Waals surface area contributed by atoms with E-state index in [0.29, 0.717) is 82.0 Å². The molecule has 1 fully saturated rings. The van der Waals surface area contributed by atoms with Crippen molar-refractivity contribution in [2.45, 2.75) is 69.6 Å². The van der Waals surface area contributed by atoms with Crippen molar-refractivity contribution in [3.8, 4) is 34.3 Å². The Kier molecular flexibility index (Phi) is 36.8. The number of nitrogens with zero attached hydrogens (tertiary/aromatic N) is 2. The average Bonchev–Trinajstić information content (AvgIpc) is 1.15. The molecule has 0 saturated carbocycles. The summed E-state index contributed by atoms with van der Waals surface area (Å²) in [5, 5.41) is 25.2. The van der Waals surface area contributed by atoms with Gasteiger partial charge in [-0.1, -0.05) is 49.8 Å². The van der Waals surface area contributed by atoms with Gasteiger partial charge in [0.25, 0.3) is 5.91 Å². The smallest absolute Gasteiger partial charge is 0.478 e. The number of fused-ring (bicyclic) bond motifs is 2. The maximum atomic E-state index is 13.3. The molecule has 101 heavy (non-hydrogen) atoms. The summed E-state index contributed by atoms with van der Waals surface area (Å²) in [6, 6.07) is 14.5. The fourth-order valence-corrected chi connectivity index (χ4v) is 14.4. The van der Waals surface area contributed by atoms with E-state index < -0.39 is 109 Å². The van der Waals surface area contributed by atoms with Crippen molar-refractivity contribution in [3.63, 3.8) is 0 Å². The summed E-state index contributed by atoms with van der Waals surface area (Å²) in [5.41, 5.74) is 13.7. The molecule has 6 rings (SSSR count). The molecule has 0 radical (unpaired) electrons. The predicted octanol–water partition coefficient (Wildman–Crippen LogP) is 1.92. The Morgan fingerprint density at radius 1 is 0.822 bits per heavy atom. The Morgan fingerprint density at radius 2 is 1.48 bits per heavy atom. The number of ether oxygens (including phenoxy) is 7. The second-order valence-corrected chi connectivity index (χ2v) is 32.1. The third-order valence-electron chi connectivity index (χ3n) is 12.8. The number of benzene rings is 3. The number of phosphoric acid groups is 3. The molecule has 1 aliphatic carbocycles. The topological polar surface area (TPSA) is 577 Å². The van der Waals surface area contributed by atoms with Crippen molar-refractivity contribution in [1.82, 2.24) is 25.5 Å². The van der Waals surface area contributed by atoms with Crippen molar-refractivity contribution in [3.05, 3.63) is 93.3 Å². The third-order valence-corrected chi connectivity index (χ3v) is 21.7. The second-order valence-electron chi connectivity index (χ2n) is 20.8. The number of nitrogens with one attached hydrogen (secondary N) is 3. The van der Waals surface area contributed by atoms with Gasteiger partial charge in [-0.05, 0) is 92.0 Å². The van der Waals surface area contributed by atoms with Gasteiger partial charge in [0, 0.05) is 77.0 Å². The zero-order valence-electron chi connectivity index (χ0n) is 53.6. The molecule has 2 aliphatic heterocycles. The minimum atomic E-state index is -5.80. The molecule has 4 unspecified atom stereocenters. The molecule has 38 nitrogen and oxygen atoms in total. The number of hydrogen-bond acceptors (Lipinski definition) is 31. The Bertz CT molecular complexity index is 4220. The van der Waals surface area contributed by atoms with Gasteiger partial charge in [-0.3, -0.25) is 19.3 Å². The number of aromatic nitrogens is 2. The van der Waals surface area contributed by atoms with E-state index in [4.69, 9.17) is 105 Å². The van der Waals surface area contributed by atoms with Crippen molar-refractivity contribution in [2.24, 2.45) is 0 Å². The Labute approximate surface area is 593 Å². The lowest BCUT2D eigenvalue weighted by atomic mass is 9.89. The monoisotopic (exact) mass is 1600 g/mol. The molecule has 558 valence electrons. The number of carbonyl (C=O) groups is 4. The van der Waals surface area contributed by atoms with Crippen LogP contribution in [0.4, 0.5) is 21.1 Å². The minimum absolute atomic E-state index is 0.0148. The molecule has 3 aliphatic rings. The van der Waals surface area contributed by atoms with Gasteiger partial charge in [-0.15, -0.1) is 25.3 Å². The summed E-state index contributed by atoms with van der Waals surface area (Å²) in [5.74, 6) is 4.95. The lowest BCUT2D eigenvalue weighted by molar-refractivity contribution is -0.172. The van der Waals surface area contributed by atoms with Gasteiger partial charge in [0.2, 0.25) is 0 Å². The number of nitrogens with two attached hydrogens (primary N) is 3. The van der Waals surface area contributed by atoms with Gasteiger partial charge in [0.15, 0.2) is 5.36 Å². The Hall–Kier alpha value is -6.63. The number of carboxylic acids is 1. The molecule has 3 heterocycles. The highest BCUT2D eigenvalue weighted by Crippen LogP contribution is 2.66. The first kappa shape index (κ1) is 86.8. The predicted molar refractivity (Wildman–Crippen MR) is 364 cm³/mol. The molecule has 1 aromatic heterocycles. The molecule has 3 amide bonds. The van der Waals surface area contributed by atoms with Gasteiger partial charge in [0.1, 0.15) is 35.4 Å². The Morgan fingerprint density at radius 3 is 2.14 bits per heavy atom.